The number of hydrogen-bond donors (Lipinski definition) is 2. The van der Waals surface area contributed by atoms with Crippen LogP contribution in [0, 0.1) is 11.6 Å². The Morgan fingerprint density at radius 1 is 0.812 bits per heavy atom. The van der Waals surface area contributed by atoms with Gasteiger partial charge in [-0.1, -0.05) is 0 Å². The first-order valence-corrected chi connectivity index (χ1v) is 11.1. The molecule has 1 aliphatic heterocycles. The van der Waals surface area contributed by atoms with Gasteiger partial charge in [0, 0.05) is 29.4 Å². The van der Waals surface area contributed by atoms with Crippen molar-refractivity contribution in [3.63, 3.8) is 0 Å². The molecule has 0 atom stereocenters. The van der Waals surface area contributed by atoms with Crippen LogP contribution in [0.3, 0.4) is 0 Å². The highest BCUT2D eigenvalue weighted by Crippen LogP contribution is 2.32. The van der Waals surface area contributed by atoms with E-state index in [4.69, 9.17) is 9.47 Å². The van der Waals surface area contributed by atoms with Crippen molar-refractivity contribution in [3.05, 3.63) is 77.9 Å². The molecule has 0 radical (unpaired) electrons. The van der Waals surface area contributed by atoms with Crippen LogP contribution in [-0.4, -0.2) is 27.5 Å². The van der Waals surface area contributed by atoms with Gasteiger partial charge < -0.3 is 14.8 Å². The first-order chi connectivity index (χ1) is 15.3. The number of ether oxygens (including phenoxy) is 2. The molecule has 1 amide bonds. The Labute approximate surface area is 183 Å². The van der Waals surface area contributed by atoms with Crippen molar-refractivity contribution in [2.75, 3.05) is 23.3 Å². The van der Waals surface area contributed by atoms with Gasteiger partial charge in [-0.15, -0.1) is 0 Å². The fourth-order valence-electron chi connectivity index (χ4n) is 2.99. The summed E-state index contributed by atoms with van der Waals surface area (Å²) >= 11 is 0. The molecular weight excluding hydrogens is 442 g/mol. The molecule has 0 unspecified atom stereocenters. The first-order valence-electron chi connectivity index (χ1n) is 9.61. The maximum absolute atomic E-state index is 13.3. The number of sulfonamides is 1. The standard InChI is InChI=1S/C22H18F2N2O5S/c23-18-8-2-14(12-19(18)24)22(27)25-15-3-5-16(6-4-15)26-32(28,29)17-7-9-20-21(13-17)31-11-1-10-30-20/h2-9,12-13,26H,1,10-11H2,(H,25,27). The minimum atomic E-state index is -3.90. The summed E-state index contributed by atoms with van der Waals surface area (Å²) in [5, 5.41) is 2.53. The number of carbonyl (C=O) groups excluding carboxylic acids is 1. The second kappa shape index (κ2) is 8.83. The van der Waals surface area contributed by atoms with Crippen LogP contribution in [0.15, 0.2) is 65.6 Å². The third-order valence-corrected chi connectivity index (χ3v) is 5.99. The zero-order valence-corrected chi connectivity index (χ0v) is 17.4. The van der Waals surface area contributed by atoms with E-state index >= 15 is 0 Å². The third kappa shape index (κ3) is 4.80. The van der Waals surface area contributed by atoms with Crippen molar-refractivity contribution in [3.8, 4) is 11.5 Å². The average Bonchev–Trinajstić information content (AvgIpc) is 3.01. The molecule has 1 aliphatic rings. The van der Waals surface area contributed by atoms with Gasteiger partial charge in [0.25, 0.3) is 15.9 Å². The van der Waals surface area contributed by atoms with E-state index in [9.17, 15) is 22.0 Å². The molecule has 7 nitrogen and oxygen atoms in total. The number of anilines is 2. The zero-order valence-electron chi connectivity index (χ0n) is 16.6. The van der Waals surface area contributed by atoms with Crippen LogP contribution in [0.25, 0.3) is 0 Å². The van der Waals surface area contributed by atoms with E-state index in [0.717, 1.165) is 18.2 Å². The van der Waals surface area contributed by atoms with Crippen molar-refractivity contribution in [2.24, 2.45) is 0 Å². The van der Waals surface area contributed by atoms with Gasteiger partial charge in [0.05, 0.1) is 18.1 Å². The average molecular weight is 460 g/mol. The van der Waals surface area contributed by atoms with Crippen LogP contribution in [0.1, 0.15) is 16.8 Å². The predicted molar refractivity (Wildman–Crippen MR) is 114 cm³/mol. The topological polar surface area (TPSA) is 93.7 Å². The fourth-order valence-corrected chi connectivity index (χ4v) is 4.06. The second-order valence-electron chi connectivity index (χ2n) is 6.92. The molecule has 3 aromatic carbocycles. The zero-order chi connectivity index (χ0) is 22.7. The predicted octanol–water partition coefficient (Wildman–Crippen LogP) is 4.18. The number of rotatable bonds is 5. The Hall–Kier alpha value is -3.66. The van der Waals surface area contributed by atoms with Crippen LogP contribution in [0.2, 0.25) is 0 Å². The van der Waals surface area contributed by atoms with Gasteiger partial charge in [-0.3, -0.25) is 9.52 Å². The highest BCUT2D eigenvalue weighted by atomic mass is 32.2. The molecule has 0 spiro atoms. The first kappa shape index (κ1) is 21.6. The Morgan fingerprint density at radius 2 is 1.50 bits per heavy atom. The number of carbonyl (C=O) groups is 1. The Kier molecular flexibility index (Phi) is 5.95. The van der Waals surface area contributed by atoms with Gasteiger partial charge in [0.2, 0.25) is 0 Å². The van der Waals surface area contributed by atoms with E-state index in [0.29, 0.717) is 36.8 Å². The SMILES string of the molecule is O=C(Nc1ccc(NS(=O)(=O)c2ccc3c(c2)OCCCO3)cc1)c1ccc(F)c(F)c1. The summed E-state index contributed by atoms with van der Waals surface area (Å²) in [5.74, 6) is -1.96. The van der Waals surface area contributed by atoms with Gasteiger partial charge >= 0.3 is 0 Å². The number of amides is 1. The molecule has 0 aromatic heterocycles. The summed E-state index contributed by atoms with van der Waals surface area (Å²) in [7, 11) is -3.90. The lowest BCUT2D eigenvalue weighted by molar-refractivity contribution is 0.102. The van der Waals surface area contributed by atoms with Gasteiger partial charge in [0.1, 0.15) is 0 Å². The second-order valence-corrected chi connectivity index (χ2v) is 8.61. The van der Waals surface area contributed by atoms with Crippen LogP contribution in [-0.2, 0) is 10.0 Å². The van der Waals surface area contributed by atoms with Crippen LogP contribution >= 0.6 is 0 Å². The summed E-state index contributed by atoms with van der Waals surface area (Å²) in [4.78, 5) is 12.2. The summed E-state index contributed by atoms with van der Waals surface area (Å²) in [6, 6.07) is 13.1. The summed E-state index contributed by atoms with van der Waals surface area (Å²) < 4.78 is 65.3. The largest absolute Gasteiger partial charge is 0.490 e. The maximum Gasteiger partial charge on any atom is 0.262 e. The highest BCUT2D eigenvalue weighted by molar-refractivity contribution is 7.92. The smallest absolute Gasteiger partial charge is 0.262 e. The van der Waals surface area contributed by atoms with E-state index in [1.54, 1.807) is 6.07 Å². The van der Waals surface area contributed by atoms with Crippen LogP contribution in [0.4, 0.5) is 20.2 Å². The molecule has 0 aliphatic carbocycles. The fraction of sp³-hybridized carbons (Fsp3) is 0.136. The van der Waals surface area contributed by atoms with Gasteiger partial charge in [-0.2, -0.15) is 0 Å². The Balaban J connectivity index is 1.45. The van der Waals surface area contributed by atoms with E-state index in [2.05, 4.69) is 10.0 Å². The number of benzene rings is 3. The van der Waals surface area contributed by atoms with Gasteiger partial charge in [-0.25, -0.2) is 17.2 Å². The van der Waals surface area contributed by atoms with Gasteiger partial charge in [0.15, 0.2) is 23.1 Å². The molecule has 10 heteroatoms. The minimum Gasteiger partial charge on any atom is -0.490 e. The van der Waals surface area contributed by atoms with Crippen molar-refractivity contribution in [1.29, 1.82) is 0 Å². The Morgan fingerprint density at radius 3 is 2.22 bits per heavy atom. The molecule has 1 heterocycles. The molecule has 0 bridgehead atoms. The molecular formula is C22H18F2N2O5S. The van der Waals surface area contributed by atoms with Crippen molar-refractivity contribution in [1.82, 2.24) is 0 Å². The third-order valence-electron chi connectivity index (χ3n) is 4.61. The van der Waals surface area contributed by atoms with Crippen molar-refractivity contribution < 1.29 is 31.5 Å². The van der Waals surface area contributed by atoms with E-state index in [1.165, 1.54) is 36.4 Å². The lowest BCUT2D eigenvalue weighted by Crippen LogP contribution is -2.14. The van der Waals surface area contributed by atoms with Crippen LogP contribution < -0.4 is 19.5 Å². The van der Waals surface area contributed by atoms with Gasteiger partial charge in [-0.05, 0) is 54.6 Å². The van der Waals surface area contributed by atoms with Crippen LogP contribution in [0.5, 0.6) is 11.5 Å². The molecule has 4 rings (SSSR count). The maximum atomic E-state index is 13.3. The number of halogens is 2. The monoisotopic (exact) mass is 460 g/mol. The van der Waals surface area contributed by atoms with Crippen molar-refractivity contribution in [2.45, 2.75) is 11.3 Å². The Bertz CT molecular complexity index is 1260. The number of nitrogens with one attached hydrogen (secondary N) is 2. The van der Waals surface area contributed by atoms with Crippen molar-refractivity contribution >= 4 is 27.3 Å². The quantitative estimate of drug-likeness (QED) is 0.596. The summed E-state index contributed by atoms with van der Waals surface area (Å²) in [6.45, 7) is 0.929. The molecule has 32 heavy (non-hydrogen) atoms. The molecule has 166 valence electrons. The lowest BCUT2D eigenvalue weighted by atomic mass is 10.2. The summed E-state index contributed by atoms with van der Waals surface area (Å²) in [5.41, 5.74) is 0.560. The number of hydrogen-bond acceptors (Lipinski definition) is 5. The van der Waals surface area contributed by atoms with E-state index in [-0.39, 0.29) is 16.1 Å². The molecule has 0 saturated carbocycles. The normalized spacial score (nSPS) is 13.2. The summed E-state index contributed by atoms with van der Waals surface area (Å²) in [6.07, 6.45) is 0.702. The molecule has 0 saturated heterocycles. The van der Waals surface area contributed by atoms with E-state index in [1.807, 2.05) is 0 Å². The molecule has 0 fully saturated rings. The molecule has 3 aromatic rings. The minimum absolute atomic E-state index is 0.0115. The van der Waals surface area contributed by atoms with E-state index < -0.39 is 27.6 Å². The highest BCUT2D eigenvalue weighted by Gasteiger charge is 2.19. The number of fused-ring (bicyclic) bond motifs is 1. The molecule has 2 N–H and O–H groups in total. The lowest BCUT2D eigenvalue weighted by Gasteiger charge is -2.12.